The molecule has 0 bridgehead atoms. The molecule has 2 aliphatic carbocycles. The van der Waals surface area contributed by atoms with Crippen molar-refractivity contribution in [3.8, 4) is 0 Å². The van der Waals surface area contributed by atoms with E-state index in [1.165, 1.54) is 111 Å². The van der Waals surface area contributed by atoms with Crippen LogP contribution < -0.4 is 0 Å². The Balaban J connectivity index is 0. The maximum absolute atomic E-state index is 4.38. The zero-order valence-electron chi connectivity index (χ0n) is 52.6. The number of hydrogen-bond acceptors (Lipinski definition) is 24. The third-order valence-corrected chi connectivity index (χ3v) is 23.5. The molecule has 0 aliphatic heterocycles. The molecule has 1 heterocycles. The Kier molecular flexibility index (Phi) is 70.2. The van der Waals surface area contributed by atoms with E-state index >= 15 is 0 Å². The van der Waals surface area contributed by atoms with E-state index < -0.39 is 0 Å². The van der Waals surface area contributed by atoms with Crippen molar-refractivity contribution in [3.63, 3.8) is 0 Å². The van der Waals surface area contributed by atoms with Crippen LogP contribution in [0.2, 0.25) is 0 Å². The van der Waals surface area contributed by atoms with E-state index in [2.05, 4.69) is 363 Å². The summed E-state index contributed by atoms with van der Waals surface area (Å²) < 4.78 is 0. The maximum Gasteiger partial charge on any atom is 0.0248 e. The summed E-state index contributed by atoms with van der Waals surface area (Å²) in [5.41, 5.74) is 11.2. The second kappa shape index (κ2) is 66.7. The Hall–Kier alpha value is 2.81. The van der Waals surface area contributed by atoms with Gasteiger partial charge in [0, 0.05) is 124 Å². The summed E-state index contributed by atoms with van der Waals surface area (Å²) in [7, 11) is 0. The third-order valence-electron chi connectivity index (χ3n) is 12.4. The molecule has 2 aliphatic rings. The van der Waals surface area contributed by atoms with Gasteiger partial charge < -0.3 is 0 Å². The molecular formula is C69H100S24. The second-order valence-corrected chi connectivity index (χ2v) is 31.2. The van der Waals surface area contributed by atoms with Crippen LogP contribution in [0, 0.1) is 6.92 Å². The molecule has 1 unspecified atom stereocenters. The lowest BCUT2D eigenvalue weighted by atomic mass is 10.00. The number of thiol groups is 23. The van der Waals surface area contributed by atoms with Crippen LogP contribution in [0.1, 0.15) is 111 Å². The molecule has 9 rings (SSSR count). The molecular weight excluding hydrogens is 1600 g/mol. The molecule has 0 amide bonds. The first-order valence-electron chi connectivity index (χ1n) is 29.6. The van der Waals surface area contributed by atoms with Gasteiger partial charge in [-0.3, -0.25) is 0 Å². The van der Waals surface area contributed by atoms with Crippen molar-refractivity contribution in [1.82, 2.24) is 0 Å². The fourth-order valence-corrected chi connectivity index (χ4v) is 12.7. The SMILES string of the molecule is Cc1ccc(S)c(S)c1.SC/C=C/CS.SC1CCCC[C@H]1S.SCCS.SCc1cc(CS)cc(CS)c1.SCc1ccc(CS)cc1.SCc1ccc(CS)s1.SCc1ccc(S)cc1.SCc1cccc(CS)c1.S[C@@H]1CCCC[C@@H]1S.Sc1ccc(S)cc1. The first-order chi connectivity index (χ1) is 44.6. The zero-order valence-corrected chi connectivity index (χ0v) is 74.0. The molecule has 0 N–H and O–H groups in total. The molecule has 520 valence electrons. The van der Waals surface area contributed by atoms with Gasteiger partial charge in [-0.15, -0.1) is 74.5 Å². The summed E-state index contributed by atoms with van der Waals surface area (Å²) in [6, 6.07) is 48.8. The van der Waals surface area contributed by atoms with Crippen LogP contribution in [-0.4, -0.2) is 44.0 Å². The average Bonchev–Trinajstić information content (AvgIpc) is 2.27. The predicted octanol–water partition coefficient (Wildman–Crippen LogP) is 24.5. The quantitative estimate of drug-likeness (QED) is 0.0393. The van der Waals surface area contributed by atoms with Gasteiger partial charge in [-0.25, -0.2) is 0 Å². The third kappa shape index (κ3) is 54.1. The molecule has 24 heteroatoms. The van der Waals surface area contributed by atoms with Gasteiger partial charge in [0.15, 0.2) is 0 Å². The molecule has 1 aromatic heterocycles. The minimum absolute atomic E-state index is 0.562. The average molecular weight is 1700 g/mol. The van der Waals surface area contributed by atoms with Crippen molar-refractivity contribution >= 4 is 302 Å². The minimum atomic E-state index is 0.562. The van der Waals surface area contributed by atoms with E-state index in [9.17, 15) is 0 Å². The molecule has 93 heavy (non-hydrogen) atoms. The highest BCUT2D eigenvalue weighted by Gasteiger charge is 2.18. The Morgan fingerprint density at radius 3 is 0.817 bits per heavy atom. The molecule has 7 aromatic rings. The van der Waals surface area contributed by atoms with Gasteiger partial charge in [-0.05, 0) is 155 Å². The standard InChI is InChI=1S/C9H12S3.2C8H10S2.2C7H8S2.C6H8S3.C6H6S2.2C6H12S2.C4H8S2.C2H6S2/c10-4-7-1-8(5-11)3-9(2-7)6-12;9-5-7-1-2-8(6-10)4-3-7;9-5-7-2-1-3-8(4-7)6-10;1-5-2-3-6(8)7(9)4-5;8-5-6-1-3-7(9)4-2-6;7-3-5-1-2-6(4-8)9-5;7-5-1-2-6(8)4-3-5;2*7-5-3-1-2-4-6(5)8;5-3-1-2-4-6;3-1-2-4/h1-3,10-12H,4-6H2;2*1-4,9-10H,5-6H2;2-4,8-9H,1H3;1-4,8-9H,5H2;1-2,7-8H,3-4H2;1-4,7-8H;2*5-8H,1-4H2;1-2,5-6H,3-4H2;3-4H,1-2H2/b;;;;;;;;;2-1+;/t;;;;;;;5-,6?;5-,6+;;/m.......1.../s1. The fraction of sp³-hybridized carbons (Fsp3) is 0.391. The minimum Gasteiger partial charge on any atom is -0.179 e. The van der Waals surface area contributed by atoms with Gasteiger partial charge in [0.05, 0.1) is 0 Å². The lowest BCUT2D eigenvalue weighted by Gasteiger charge is -2.22. The molecule has 2 fully saturated rings. The van der Waals surface area contributed by atoms with Gasteiger partial charge in [0.2, 0.25) is 0 Å². The van der Waals surface area contributed by atoms with Crippen LogP contribution >= 0.6 is 302 Å². The van der Waals surface area contributed by atoms with Crippen molar-refractivity contribution in [2.45, 2.75) is 161 Å². The molecule has 0 radical (unpaired) electrons. The number of rotatable bonds is 13. The summed E-state index contributed by atoms with van der Waals surface area (Å²) >= 11 is 97.3. The van der Waals surface area contributed by atoms with Crippen molar-refractivity contribution < 1.29 is 0 Å². The highest BCUT2D eigenvalue weighted by Crippen LogP contribution is 2.27. The van der Waals surface area contributed by atoms with Crippen molar-refractivity contribution in [3.05, 3.63) is 218 Å². The van der Waals surface area contributed by atoms with E-state index in [0.29, 0.717) is 21.0 Å². The van der Waals surface area contributed by atoms with E-state index in [1.54, 1.807) is 11.3 Å². The zero-order chi connectivity index (χ0) is 70.2. The van der Waals surface area contributed by atoms with Crippen molar-refractivity contribution in [2.75, 3.05) is 23.0 Å². The van der Waals surface area contributed by atoms with E-state index in [-0.39, 0.29) is 0 Å². The maximum atomic E-state index is 4.38. The molecule has 4 atom stereocenters. The van der Waals surface area contributed by atoms with Gasteiger partial charge in [0.1, 0.15) is 0 Å². The highest BCUT2D eigenvalue weighted by molar-refractivity contribution is 7.86. The summed E-state index contributed by atoms with van der Waals surface area (Å²) in [4.78, 5) is 7.47. The normalized spacial score (nSPS) is 14.9. The summed E-state index contributed by atoms with van der Waals surface area (Å²) in [5.74, 6) is 11.5. The fourth-order valence-electron chi connectivity index (χ4n) is 7.30. The molecule has 0 nitrogen and oxygen atoms in total. The largest absolute Gasteiger partial charge is 0.179 e. The Morgan fingerprint density at radius 1 is 0.312 bits per heavy atom. The Labute approximate surface area is 694 Å². The smallest absolute Gasteiger partial charge is 0.0248 e. The predicted molar refractivity (Wildman–Crippen MR) is 503 cm³/mol. The van der Waals surface area contributed by atoms with Crippen LogP contribution in [-0.2, 0) is 57.5 Å². The van der Waals surface area contributed by atoms with Gasteiger partial charge in [-0.1, -0.05) is 123 Å². The van der Waals surface area contributed by atoms with E-state index in [4.69, 9.17) is 0 Å². The van der Waals surface area contributed by atoms with Gasteiger partial charge in [-0.2, -0.15) is 227 Å². The highest BCUT2D eigenvalue weighted by atomic mass is 32.1. The van der Waals surface area contributed by atoms with Crippen molar-refractivity contribution in [1.29, 1.82) is 0 Å². The van der Waals surface area contributed by atoms with Crippen LogP contribution in [0.15, 0.2) is 182 Å². The monoisotopic (exact) mass is 1700 g/mol. The van der Waals surface area contributed by atoms with Crippen LogP contribution in [0.3, 0.4) is 0 Å². The van der Waals surface area contributed by atoms with Crippen molar-refractivity contribution in [2.24, 2.45) is 0 Å². The number of aryl methyl sites for hydroxylation is 1. The van der Waals surface area contributed by atoms with E-state index in [0.717, 1.165) is 105 Å². The summed E-state index contributed by atoms with van der Waals surface area (Å²) in [5, 5.41) is 2.25. The molecule has 6 aromatic carbocycles. The Bertz CT molecular complexity index is 2680. The molecule has 0 spiro atoms. The number of hydrogen-bond donors (Lipinski definition) is 23. The summed E-state index contributed by atoms with van der Waals surface area (Å²) in [6.07, 6.45) is 14.4. The second-order valence-electron chi connectivity index (χ2n) is 20.0. The lowest BCUT2D eigenvalue weighted by molar-refractivity contribution is 0.532. The topological polar surface area (TPSA) is 0 Å². The summed E-state index contributed by atoms with van der Waals surface area (Å²) in [6.45, 7) is 2.03. The van der Waals surface area contributed by atoms with E-state index in [1.807, 2.05) is 91.9 Å². The first kappa shape index (κ1) is 97.9. The number of thiophene rings is 1. The lowest BCUT2D eigenvalue weighted by Crippen LogP contribution is -2.19. The van der Waals surface area contributed by atoms with Crippen LogP contribution in [0.4, 0.5) is 0 Å². The van der Waals surface area contributed by atoms with Gasteiger partial charge in [0.25, 0.3) is 0 Å². The van der Waals surface area contributed by atoms with Crippen LogP contribution in [0.25, 0.3) is 0 Å². The van der Waals surface area contributed by atoms with Gasteiger partial charge >= 0.3 is 0 Å². The van der Waals surface area contributed by atoms with Crippen LogP contribution in [0.5, 0.6) is 0 Å². The first-order valence-corrected chi connectivity index (χ1v) is 43.6. The Morgan fingerprint density at radius 2 is 0.591 bits per heavy atom. The number of benzene rings is 6. The molecule has 2 saturated carbocycles. The molecule has 0 saturated heterocycles.